The Balaban J connectivity index is 1.56. The van der Waals surface area contributed by atoms with E-state index in [4.69, 9.17) is 27.9 Å². The minimum absolute atomic E-state index is 0.0968. The maximum atomic E-state index is 12.5. The standard InChI is InChI=1S/C18H17Cl2NO2S/c19-14-3-1-13(2-4-14)17-11-21(9-10-23-17)18(22)12-24-16-7-5-15(20)6-8-16/h1-8,17H,9-12H2. The van der Waals surface area contributed by atoms with Crippen LogP contribution in [0, 0.1) is 0 Å². The van der Waals surface area contributed by atoms with Crippen molar-refractivity contribution >= 4 is 40.9 Å². The van der Waals surface area contributed by atoms with Crippen molar-refractivity contribution in [3.63, 3.8) is 0 Å². The lowest BCUT2D eigenvalue weighted by molar-refractivity contribution is -0.136. The third kappa shape index (κ3) is 4.67. The number of carbonyl (C=O) groups excluding carboxylic acids is 1. The van der Waals surface area contributed by atoms with Gasteiger partial charge in [-0.2, -0.15) is 0 Å². The Morgan fingerprint density at radius 3 is 2.38 bits per heavy atom. The molecule has 24 heavy (non-hydrogen) atoms. The van der Waals surface area contributed by atoms with Gasteiger partial charge in [0.2, 0.25) is 5.91 Å². The molecule has 0 spiro atoms. The van der Waals surface area contributed by atoms with Gasteiger partial charge in [0.1, 0.15) is 6.10 Å². The largest absolute Gasteiger partial charge is 0.370 e. The van der Waals surface area contributed by atoms with Crippen LogP contribution in [0.15, 0.2) is 53.4 Å². The topological polar surface area (TPSA) is 29.5 Å². The first-order valence-corrected chi connectivity index (χ1v) is 9.39. The third-order valence-electron chi connectivity index (χ3n) is 3.84. The number of hydrogen-bond donors (Lipinski definition) is 0. The molecule has 6 heteroatoms. The van der Waals surface area contributed by atoms with E-state index in [9.17, 15) is 4.79 Å². The summed E-state index contributed by atoms with van der Waals surface area (Å²) in [6.07, 6.45) is -0.0968. The molecule has 126 valence electrons. The highest BCUT2D eigenvalue weighted by Crippen LogP contribution is 2.25. The van der Waals surface area contributed by atoms with Crippen LogP contribution in [0.1, 0.15) is 11.7 Å². The molecule has 1 amide bonds. The average Bonchev–Trinajstić information content (AvgIpc) is 2.62. The molecule has 1 unspecified atom stereocenters. The quantitative estimate of drug-likeness (QED) is 0.719. The monoisotopic (exact) mass is 381 g/mol. The molecule has 1 aliphatic heterocycles. The number of carbonyl (C=O) groups is 1. The number of thioether (sulfide) groups is 1. The first-order valence-electron chi connectivity index (χ1n) is 7.65. The lowest BCUT2D eigenvalue weighted by atomic mass is 10.1. The van der Waals surface area contributed by atoms with Crippen molar-refractivity contribution < 1.29 is 9.53 Å². The van der Waals surface area contributed by atoms with Gasteiger partial charge in [-0.25, -0.2) is 0 Å². The highest BCUT2D eigenvalue weighted by Gasteiger charge is 2.25. The van der Waals surface area contributed by atoms with Crippen LogP contribution in [-0.2, 0) is 9.53 Å². The summed E-state index contributed by atoms with van der Waals surface area (Å²) in [5.41, 5.74) is 1.04. The van der Waals surface area contributed by atoms with Crippen LogP contribution in [0.2, 0.25) is 10.0 Å². The van der Waals surface area contributed by atoms with Crippen LogP contribution in [0.25, 0.3) is 0 Å². The molecule has 1 heterocycles. The Bertz CT molecular complexity index is 691. The molecule has 3 nitrogen and oxygen atoms in total. The molecule has 1 aliphatic rings. The highest BCUT2D eigenvalue weighted by atomic mass is 35.5. The molecular formula is C18H17Cl2NO2S. The Morgan fingerprint density at radius 2 is 1.71 bits per heavy atom. The fourth-order valence-electron chi connectivity index (χ4n) is 2.52. The Morgan fingerprint density at radius 1 is 1.08 bits per heavy atom. The van der Waals surface area contributed by atoms with Crippen molar-refractivity contribution in [2.24, 2.45) is 0 Å². The first-order chi connectivity index (χ1) is 11.6. The summed E-state index contributed by atoms with van der Waals surface area (Å²) in [6, 6.07) is 15.1. The van der Waals surface area contributed by atoms with Crippen molar-refractivity contribution in [3.05, 3.63) is 64.1 Å². The fourth-order valence-corrected chi connectivity index (χ4v) is 3.58. The predicted octanol–water partition coefficient (Wildman–Crippen LogP) is 4.69. The van der Waals surface area contributed by atoms with E-state index in [1.54, 1.807) is 0 Å². The molecular weight excluding hydrogens is 365 g/mol. The molecule has 3 rings (SSSR count). The fraction of sp³-hybridized carbons (Fsp3) is 0.278. The Hall–Kier alpha value is -1.20. The summed E-state index contributed by atoms with van der Waals surface area (Å²) in [6.45, 7) is 1.75. The van der Waals surface area contributed by atoms with Crippen molar-refractivity contribution in [2.75, 3.05) is 25.4 Å². The van der Waals surface area contributed by atoms with Gasteiger partial charge >= 0.3 is 0 Å². The van der Waals surface area contributed by atoms with Crippen LogP contribution < -0.4 is 0 Å². The molecule has 2 aromatic carbocycles. The van der Waals surface area contributed by atoms with Gasteiger partial charge in [0.15, 0.2) is 0 Å². The third-order valence-corrected chi connectivity index (χ3v) is 5.34. The van der Waals surface area contributed by atoms with E-state index in [1.807, 2.05) is 53.4 Å². The number of morpholine rings is 1. The minimum atomic E-state index is -0.0968. The van der Waals surface area contributed by atoms with E-state index in [0.717, 1.165) is 10.5 Å². The molecule has 1 fully saturated rings. The van der Waals surface area contributed by atoms with Crippen molar-refractivity contribution in [1.29, 1.82) is 0 Å². The summed E-state index contributed by atoms with van der Waals surface area (Å²) in [5, 5.41) is 1.39. The number of benzene rings is 2. The highest BCUT2D eigenvalue weighted by molar-refractivity contribution is 8.00. The van der Waals surface area contributed by atoms with E-state index in [0.29, 0.717) is 35.5 Å². The van der Waals surface area contributed by atoms with Crippen molar-refractivity contribution in [3.8, 4) is 0 Å². The Kier molecular flexibility index (Phi) is 6.06. The van der Waals surface area contributed by atoms with E-state index in [-0.39, 0.29) is 12.0 Å². The van der Waals surface area contributed by atoms with Gasteiger partial charge in [0.25, 0.3) is 0 Å². The second kappa shape index (κ2) is 8.26. The molecule has 0 aromatic heterocycles. The number of rotatable bonds is 4. The van der Waals surface area contributed by atoms with Crippen molar-refractivity contribution in [1.82, 2.24) is 4.90 Å². The van der Waals surface area contributed by atoms with E-state index in [1.165, 1.54) is 11.8 Å². The number of halogens is 2. The zero-order chi connectivity index (χ0) is 16.9. The molecule has 0 bridgehead atoms. The zero-order valence-corrected chi connectivity index (χ0v) is 15.3. The summed E-state index contributed by atoms with van der Waals surface area (Å²) in [7, 11) is 0. The number of nitrogens with zero attached hydrogens (tertiary/aromatic N) is 1. The summed E-state index contributed by atoms with van der Waals surface area (Å²) in [5.74, 6) is 0.534. The average molecular weight is 382 g/mol. The normalized spacial score (nSPS) is 17.8. The van der Waals surface area contributed by atoms with Crippen LogP contribution in [0.3, 0.4) is 0 Å². The maximum Gasteiger partial charge on any atom is 0.233 e. The second-order valence-electron chi connectivity index (χ2n) is 5.49. The molecule has 0 aliphatic carbocycles. The smallest absolute Gasteiger partial charge is 0.233 e. The van der Waals surface area contributed by atoms with Crippen LogP contribution in [-0.4, -0.2) is 36.3 Å². The summed E-state index contributed by atoms with van der Waals surface area (Å²) >= 11 is 13.3. The van der Waals surface area contributed by atoms with Crippen molar-refractivity contribution in [2.45, 2.75) is 11.0 Å². The van der Waals surface area contributed by atoms with Crippen LogP contribution in [0.4, 0.5) is 0 Å². The van der Waals surface area contributed by atoms with Gasteiger partial charge in [0.05, 0.1) is 18.9 Å². The van der Waals surface area contributed by atoms with Gasteiger partial charge in [0, 0.05) is 21.5 Å². The van der Waals surface area contributed by atoms with Gasteiger partial charge < -0.3 is 9.64 Å². The lowest BCUT2D eigenvalue weighted by Crippen LogP contribution is -2.43. The number of hydrogen-bond acceptors (Lipinski definition) is 3. The van der Waals surface area contributed by atoms with Gasteiger partial charge in [-0.3, -0.25) is 4.79 Å². The first kappa shape index (κ1) is 17.6. The maximum absolute atomic E-state index is 12.5. The molecule has 1 atom stereocenters. The molecule has 1 saturated heterocycles. The molecule has 0 saturated carbocycles. The van der Waals surface area contributed by atoms with E-state index < -0.39 is 0 Å². The van der Waals surface area contributed by atoms with Crippen LogP contribution >= 0.6 is 35.0 Å². The Labute approximate surface area is 155 Å². The SMILES string of the molecule is O=C(CSc1ccc(Cl)cc1)N1CCOC(c2ccc(Cl)cc2)C1. The lowest BCUT2D eigenvalue weighted by Gasteiger charge is -2.33. The molecule has 0 N–H and O–H groups in total. The second-order valence-corrected chi connectivity index (χ2v) is 7.41. The number of amides is 1. The van der Waals surface area contributed by atoms with Gasteiger partial charge in [-0.05, 0) is 42.0 Å². The summed E-state index contributed by atoms with van der Waals surface area (Å²) in [4.78, 5) is 15.4. The summed E-state index contributed by atoms with van der Waals surface area (Å²) < 4.78 is 5.80. The molecule has 0 radical (unpaired) electrons. The van der Waals surface area contributed by atoms with E-state index >= 15 is 0 Å². The zero-order valence-electron chi connectivity index (χ0n) is 13.0. The van der Waals surface area contributed by atoms with Gasteiger partial charge in [-0.15, -0.1) is 11.8 Å². The minimum Gasteiger partial charge on any atom is -0.370 e. The predicted molar refractivity (Wildman–Crippen MR) is 98.9 cm³/mol. The van der Waals surface area contributed by atoms with Gasteiger partial charge in [-0.1, -0.05) is 35.3 Å². The molecule has 2 aromatic rings. The van der Waals surface area contributed by atoms with Crippen LogP contribution in [0.5, 0.6) is 0 Å². The number of ether oxygens (including phenoxy) is 1. The van der Waals surface area contributed by atoms with E-state index in [2.05, 4.69) is 0 Å².